The van der Waals surface area contributed by atoms with E-state index in [2.05, 4.69) is 58.7 Å². The topological polar surface area (TPSA) is 24.5 Å². The third kappa shape index (κ3) is 2.31. The third-order valence-electron chi connectivity index (χ3n) is 5.00. The van der Waals surface area contributed by atoms with Crippen molar-refractivity contribution in [2.75, 3.05) is 33.3 Å². The minimum Gasteiger partial charge on any atom is -0.497 e. The van der Waals surface area contributed by atoms with Crippen LogP contribution in [-0.4, -0.2) is 38.2 Å². The maximum atomic E-state index is 5.46. The number of piperazine rings is 1. The maximum absolute atomic E-state index is 5.46. The van der Waals surface area contributed by atoms with Crippen LogP contribution in [0.1, 0.15) is 28.7 Å². The van der Waals surface area contributed by atoms with Gasteiger partial charge in [-0.3, -0.25) is 4.90 Å². The van der Waals surface area contributed by atoms with E-state index in [1.807, 2.05) is 0 Å². The molecule has 2 aliphatic heterocycles. The van der Waals surface area contributed by atoms with E-state index >= 15 is 0 Å². The van der Waals surface area contributed by atoms with E-state index in [-0.39, 0.29) is 0 Å². The number of hydrogen-bond donors (Lipinski definition) is 1. The van der Waals surface area contributed by atoms with E-state index < -0.39 is 0 Å². The molecule has 3 nitrogen and oxygen atoms in total. The summed E-state index contributed by atoms with van der Waals surface area (Å²) >= 11 is 0. The van der Waals surface area contributed by atoms with Gasteiger partial charge in [0.05, 0.1) is 7.11 Å². The summed E-state index contributed by atoms with van der Waals surface area (Å²) in [7, 11) is 1.75. The monoisotopic (exact) mass is 294 g/mol. The van der Waals surface area contributed by atoms with Gasteiger partial charge in [0.2, 0.25) is 0 Å². The van der Waals surface area contributed by atoms with Gasteiger partial charge in [-0.1, -0.05) is 36.4 Å². The predicted octanol–water partition coefficient (Wildman–Crippen LogP) is 2.79. The van der Waals surface area contributed by atoms with Crippen molar-refractivity contribution < 1.29 is 4.74 Å². The fourth-order valence-corrected chi connectivity index (χ4v) is 3.86. The molecule has 2 atom stereocenters. The van der Waals surface area contributed by atoms with Crippen molar-refractivity contribution >= 4 is 0 Å². The van der Waals surface area contributed by atoms with Gasteiger partial charge < -0.3 is 10.1 Å². The smallest absolute Gasteiger partial charge is 0.119 e. The number of hydrogen-bond acceptors (Lipinski definition) is 3. The van der Waals surface area contributed by atoms with Crippen molar-refractivity contribution in [3.8, 4) is 5.75 Å². The van der Waals surface area contributed by atoms with Crippen LogP contribution < -0.4 is 10.1 Å². The normalized spacial score (nSPS) is 24.4. The Morgan fingerprint density at radius 1 is 1.09 bits per heavy atom. The van der Waals surface area contributed by atoms with Crippen LogP contribution in [0.3, 0.4) is 0 Å². The van der Waals surface area contributed by atoms with Crippen LogP contribution in [0.25, 0.3) is 0 Å². The molecule has 2 aromatic rings. The van der Waals surface area contributed by atoms with Crippen LogP contribution in [0.15, 0.2) is 48.5 Å². The zero-order valence-corrected chi connectivity index (χ0v) is 13.0. The number of methoxy groups -OCH3 is 1. The lowest BCUT2D eigenvalue weighted by molar-refractivity contribution is 0.143. The summed E-state index contributed by atoms with van der Waals surface area (Å²) < 4.78 is 5.46. The van der Waals surface area contributed by atoms with Gasteiger partial charge in [-0.25, -0.2) is 0 Å². The van der Waals surface area contributed by atoms with Crippen molar-refractivity contribution in [2.24, 2.45) is 0 Å². The van der Waals surface area contributed by atoms with Gasteiger partial charge in [0.15, 0.2) is 0 Å². The second kappa shape index (κ2) is 5.75. The van der Waals surface area contributed by atoms with E-state index in [1.54, 1.807) is 7.11 Å². The molecule has 114 valence electrons. The summed E-state index contributed by atoms with van der Waals surface area (Å²) in [6, 6.07) is 17.9. The Morgan fingerprint density at radius 3 is 2.77 bits per heavy atom. The van der Waals surface area contributed by atoms with Crippen LogP contribution in [0.4, 0.5) is 0 Å². The minimum atomic E-state index is 0.455. The van der Waals surface area contributed by atoms with Gasteiger partial charge in [0, 0.05) is 38.1 Å². The average molecular weight is 294 g/mol. The highest BCUT2D eigenvalue weighted by molar-refractivity contribution is 5.46. The van der Waals surface area contributed by atoms with Crippen molar-refractivity contribution in [1.82, 2.24) is 10.2 Å². The Bertz CT molecular complexity index is 656. The van der Waals surface area contributed by atoms with E-state index in [9.17, 15) is 0 Å². The predicted molar refractivity (Wildman–Crippen MR) is 88.5 cm³/mol. The number of nitrogens with zero attached hydrogens (tertiary/aromatic N) is 1. The Kier molecular flexibility index (Phi) is 3.60. The van der Waals surface area contributed by atoms with Gasteiger partial charge in [-0.15, -0.1) is 0 Å². The molecule has 0 aliphatic carbocycles. The number of rotatable bonds is 2. The van der Waals surface area contributed by atoms with Gasteiger partial charge in [-0.05, 0) is 28.8 Å². The van der Waals surface area contributed by atoms with Gasteiger partial charge >= 0.3 is 0 Å². The number of benzene rings is 2. The SMILES string of the molecule is COc1ccc2c(c1)[C@H]1CNCCN1C[C@H]2c1ccccc1. The molecule has 0 amide bonds. The lowest BCUT2D eigenvalue weighted by Crippen LogP contribution is -2.50. The highest BCUT2D eigenvalue weighted by atomic mass is 16.5. The van der Waals surface area contributed by atoms with Crippen molar-refractivity contribution in [3.63, 3.8) is 0 Å². The summed E-state index contributed by atoms with van der Waals surface area (Å²) in [5.41, 5.74) is 4.29. The molecule has 0 aromatic heterocycles. The number of nitrogens with one attached hydrogen (secondary N) is 1. The van der Waals surface area contributed by atoms with Crippen molar-refractivity contribution in [3.05, 3.63) is 65.2 Å². The van der Waals surface area contributed by atoms with Crippen LogP contribution in [-0.2, 0) is 0 Å². The summed E-state index contributed by atoms with van der Waals surface area (Å²) in [5.74, 6) is 1.41. The zero-order chi connectivity index (χ0) is 14.9. The molecule has 0 spiro atoms. The molecule has 0 saturated carbocycles. The Labute approximate surface area is 131 Å². The molecule has 2 heterocycles. The Balaban J connectivity index is 1.82. The van der Waals surface area contributed by atoms with Crippen molar-refractivity contribution in [1.29, 1.82) is 0 Å². The first kappa shape index (κ1) is 13.8. The molecule has 4 rings (SSSR count). The van der Waals surface area contributed by atoms with Gasteiger partial charge in [-0.2, -0.15) is 0 Å². The first-order valence-electron chi connectivity index (χ1n) is 8.04. The molecule has 22 heavy (non-hydrogen) atoms. The molecular weight excluding hydrogens is 272 g/mol. The molecule has 0 bridgehead atoms. The third-order valence-corrected chi connectivity index (χ3v) is 5.00. The summed E-state index contributed by atoms with van der Waals surface area (Å²) in [6.07, 6.45) is 0. The van der Waals surface area contributed by atoms with Crippen LogP contribution >= 0.6 is 0 Å². The molecule has 0 radical (unpaired) electrons. The first-order chi connectivity index (χ1) is 10.9. The fourth-order valence-electron chi connectivity index (χ4n) is 3.86. The zero-order valence-electron chi connectivity index (χ0n) is 13.0. The highest BCUT2D eigenvalue weighted by Gasteiger charge is 2.35. The Hall–Kier alpha value is -1.84. The van der Waals surface area contributed by atoms with Crippen molar-refractivity contribution in [2.45, 2.75) is 12.0 Å². The Morgan fingerprint density at radius 2 is 1.95 bits per heavy atom. The van der Waals surface area contributed by atoms with Gasteiger partial charge in [0.25, 0.3) is 0 Å². The van der Waals surface area contributed by atoms with E-state index in [4.69, 9.17) is 4.74 Å². The second-order valence-electron chi connectivity index (χ2n) is 6.17. The maximum Gasteiger partial charge on any atom is 0.119 e. The van der Waals surface area contributed by atoms with E-state index in [0.29, 0.717) is 12.0 Å². The van der Waals surface area contributed by atoms with Crippen LogP contribution in [0, 0.1) is 0 Å². The summed E-state index contributed by atoms with van der Waals surface area (Å²) in [6.45, 7) is 4.33. The highest BCUT2D eigenvalue weighted by Crippen LogP contribution is 2.41. The fraction of sp³-hybridized carbons (Fsp3) is 0.368. The van der Waals surface area contributed by atoms with Gasteiger partial charge in [0.1, 0.15) is 5.75 Å². The standard InChI is InChI=1S/C19H22N2O/c1-22-15-7-8-16-17(11-15)19-12-20-9-10-21(19)13-18(16)14-5-3-2-4-6-14/h2-8,11,18-20H,9-10,12-13H2,1H3/t18-,19+/m0/s1. The molecular formula is C19H22N2O. The molecule has 2 aromatic carbocycles. The second-order valence-corrected chi connectivity index (χ2v) is 6.17. The van der Waals surface area contributed by atoms with Crippen LogP contribution in [0.5, 0.6) is 5.75 Å². The van der Waals surface area contributed by atoms with E-state index in [0.717, 1.165) is 31.9 Å². The van der Waals surface area contributed by atoms with E-state index in [1.165, 1.54) is 16.7 Å². The number of ether oxygens (including phenoxy) is 1. The lowest BCUT2D eigenvalue weighted by atomic mass is 9.80. The van der Waals surface area contributed by atoms with Crippen LogP contribution in [0.2, 0.25) is 0 Å². The number of fused-ring (bicyclic) bond motifs is 3. The molecule has 1 saturated heterocycles. The molecule has 1 N–H and O–H groups in total. The molecule has 1 fully saturated rings. The molecule has 3 heteroatoms. The minimum absolute atomic E-state index is 0.455. The summed E-state index contributed by atoms with van der Waals surface area (Å²) in [4.78, 5) is 2.62. The molecule has 0 unspecified atom stereocenters. The first-order valence-corrected chi connectivity index (χ1v) is 8.04. The average Bonchev–Trinajstić information content (AvgIpc) is 2.61. The lowest BCUT2D eigenvalue weighted by Gasteiger charge is -2.44. The largest absolute Gasteiger partial charge is 0.497 e. The molecule has 2 aliphatic rings. The quantitative estimate of drug-likeness (QED) is 0.922. The summed E-state index contributed by atoms with van der Waals surface area (Å²) in [5, 5.41) is 3.53.